The number of hydrogen-bond acceptors (Lipinski definition) is 4. The van der Waals surface area contributed by atoms with E-state index in [4.69, 9.17) is 0 Å². The second-order valence-electron chi connectivity index (χ2n) is 5.67. The van der Waals surface area contributed by atoms with E-state index in [9.17, 15) is 13.2 Å². The third-order valence-electron chi connectivity index (χ3n) is 3.83. The first-order valence-corrected chi connectivity index (χ1v) is 8.40. The largest absolute Gasteiger partial charge is 0.351 e. The molecule has 1 aromatic rings. The van der Waals surface area contributed by atoms with E-state index in [0.29, 0.717) is 6.54 Å². The molecule has 0 aliphatic carbocycles. The Morgan fingerprint density at radius 1 is 1.30 bits per heavy atom. The molecule has 110 valence electrons. The summed E-state index contributed by atoms with van der Waals surface area (Å²) in [5.74, 6) is -0.473. The lowest BCUT2D eigenvalue weighted by atomic mass is 10.1. The van der Waals surface area contributed by atoms with Crippen LogP contribution in [-0.2, 0) is 34.3 Å². The molecular formula is C14H20N2O3S. The number of sulfone groups is 1. The van der Waals surface area contributed by atoms with Crippen LogP contribution in [0.1, 0.15) is 30.5 Å². The predicted octanol–water partition coefficient (Wildman–Crippen LogP) is 0.729. The summed E-state index contributed by atoms with van der Waals surface area (Å²) in [6.07, 6.45) is 1.08. The van der Waals surface area contributed by atoms with Gasteiger partial charge in [-0.2, -0.15) is 0 Å². The van der Waals surface area contributed by atoms with Gasteiger partial charge in [-0.05, 0) is 30.5 Å². The van der Waals surface area contributed by atoms with Crippen molar-refractivity contribution in [2.24, 2.45) is 0 Å². The summed E-state index contributed by atoms with van der Waals surface area (Å²) >= 11 is 0. The normalized spacial score (nSPS) is 14.9. The smallest absolute Gasteiger partial charge is 0.241 e. The van der Waals surface area contributed by atoms with Crippen LogP contribution in [0.2, 0.25) is 0 Å². The second kappa shape index (κ2) is 5.18. The lowest BCUT2D eigenvalue weighted by Gasteiger charge is -2.21. The number of hydrogen-bond donors (Lipinski definition) is 2. The number of fused-ring (bicyclic) bond motifs is 1. The minimum atomic E-state index is -3.44. The van der Waals surface area contributed by atoms with Gasteiger partial charge in [0.1, 0.15) is 4.75 Å². The fraction of sp³-hybridized carbons (Fsp3) is 0.500. The van der Waals surface area contributed by atoms with Crippen LogP contribution in [0.15, 0.2) is 18.2 Å². The standard InChI is InChI=1S/C14H20N2O3S/c1-14(2,20(3,18)19)13(17)16-7-10-4-5-11-8-15-9-12(11)6-10/h4-6,15H,7-9H2,1-3H3,(H,16,17). The van der Waals surface area contributed by atoms with Gasteiger partial charge in [0.05, 0.1) is 0 Å². The first kappa shape index (κ1) is 15.0. The first-order chi connectivity index (χ1) is 9.22. The van der Waals surface area contributed by atoms with Crippen molar-refractivity contribution in [3.63, 3.8) is 0 Å². The van der Waals surface area contributed by atoms with Crippen LogP contribution < -0.4 is 10.6 Å². The van der Waals surface area contributed by atoms with E-state index in [1.807, 2.05) is 18.2 Å². The molecule has 0 atom stereocenters. The molecule has 0 bridgehead atoms. The van der Waals surface area contributed by atoms with Gasteiger partial charge in [-0.1, -0.05) is 18.2 Å². The molecule has 0 unspecified atom stereocenters. The average molecular weight is 296 g/mol. The fourth-order valence-electron chi connectivity index (χ4n) is 2.02. The topological polar surface area (TPSA) is 75.3 Å². The van der Waals surface area contributed by atoms with E-state index in [1.165, 1.54) is 25.0 Å². The van der Waals surface area contributed by atoms with Crippen LogP contribution in [-0.4, -0.2) is 25.3 Å². The number of carbonyl (C=O) groups is 1. The molecule has 1 heterocycles. The van der Waals surface area contributed by atoms with Gasteiger partial charge in [0.25, 0.3) is 0 Å². The van der Waals surface area contributed by atoms with Gasteiger partial charge >= 0.3 is 0 Å². The Balaban J connectivity index is 2.04. The van der Waals surface area contributed by atoms with E-state index in [0.717, 1.165) is 24.9 Å². The van der Waals surface area contributed by atoms with Crippen molar-refractivity contribution in [3.05, 3.63) is 34.9 Å². The van der Waals surface area contributed by atoms with Crippen molar-refractivity contribution in [2.45, 2.75) is 38.2 Å². The molecule has 1 aliphatic heterocycles. The maximum atomic E-state index is 12.0. The molecule has 1 amide bonds. The van der Waals surface area contributed by atoms with Gasteiger partial charge < -0.3 is 10.6 Å². The predicted molar refractivity (Wildman–Crippen MR) is 77.8 cm³/mol. The molecular weight excluding hydrogens is 276 g/mol. The highest BCUT2D eigenvalue weighted by Crippen LogP contribution is 2.18. The zero-order valence-electron chi connectivity index (χ0n) is 12.0. The minimum absolute atomic E-state index is 0.338. The van der Waals surface area contributed by atoms with Crippen molar-refractivity contribution >= 4 is 15.7 Å². The number of nitrogens with one attached hydrogen (secondary N) is 2. The maximum Gasteiger partial charge on any atom is 0.241 e. The Kier molecular flexibility index (Phi) is 3.88. The van der Waals surface area contributed by atoms with Crippen molar-refractivity contribution in [1.82, 2.24) is 10.6 Å². The minimum Gasteiger partial charge on any atom is -0.351 e. The van der Waals surface area contributed by atoms with Crippen molar-refractivity contribution in [2.75, 3.05) is 6.26 Å². The molecule has 1 aliphatic rings. The van der Waals surface area contributed by atoms with E-state index >= 15 is 0 Å². The van der Waals surface area contributed by atoms with Crippen LogP contribution in [0.25, 0.3) is 0 Å². The Labute approximate surface area is 119 Å². The lowest BCUT2D eigenvalue weighted by Crippen LogP contribution is -2.47. The highest BCUT2D eigenvalue weighted by molar-refractivity contribution is 7.92. The van der Waals surface area contributed by atoms with Crippen molar-refractivity contribution < 1.29 is 13.2 Å². The van der Waals surface area contributed by atoms with Crippen molar-refractivity contribution in [1.29, 1.82) is 0 Å². The van der Waals surface area contributed by atoms with Gasteiger partial charge in [0.15, 0.2) is 9.84 Å². The SMILES string of the molecule is CC(C)(C(=O)NCc1ccc2c(c1)CNC2)S(C)(=O)=O. The molecule has 1 aromatic carbocycles. The summed E-state index contributed by atoms with van der Waals surface area (Å²) in [6.45, 7) is 4.90. The summed E-state index contributed by atoms with van der Waals surface area (Å²) < 4.78 is 21.8. The number of rotatable bonds is 4. The molecule has 0 saturated carbocycles. The van der Waals surface area contributed by atoms with E-state index in [2.05, 4.69) is 10.6 Å². The molecule has 0 fully saturated rings. The Hall–Kier alpha value is -1.40. The van der Waals surface area contributed by atoms with E-state index < -0.39 is 20.5 Å². The lowest BCUT2D eigenvalue weighted by molar-refractivity contribution is -0.123. The highest BCUT2D eigenvalue weighted by atomic mass is 32.2. The monoisotopic (exact) mass is 296 g/mol. The molecule has 0 radical (unpaired) electrons. The van der Waals surface area contributed by atoms with Gasteiger partial charge in [0, 0.05) is 25.9 Å². The Morgan fingerprint density at radius 3 is 2.60 bits per heavy atom. The molecule has 0 spiro atoms. The quantitative estimate of drug-likeness (QED) is 0.859. The third-order valence-corrected chi connectivity index (χ3v) is 5.87. The summed E-state index contributed by atoms with van der Waals surface area (Å²) in [5, 5.41) is 5.96. The highest BCUT2D eigenvalue weighted by Gasteiger charge is 2.38. The van der Waals surface area contributed by atoms with Crippen molar-refractivity contribution in [3.8, 4) is 0 Å². The Morgan fingerprint density at radius 2 is 1.95 bits per heavy atom. The fourth-order valence-corrected chi connectivity index (χ4v) is 2.43. The van der Waals surface area contributed by atoms with Gasteiger partial charge in [-0.3, -0.25) is 4.79 Å². The summed E-state index contributed by atoms with van der Waals surface area (Å²) in [5.41, 5.74) is 3.49. The van der Waals surface area contributed by atoms with Crippen LogP contribution >= 0.6 is 0 Å². The van der Waals surface area contributed by atoms with E-state index in [-0.39, 0.29) is 0 Å². The van der Waals surface area contributed by atoms with E-state index in [1.54, 1.807) is 0 Å². The summed E-state index contributed by atoms with van der Waals surface area (Å²) in [4.78, 5) is 12.0. The number of benzene rings is 1. The zero-order chi connectivity index (χ0) is 15.0. The molecule has 0 saturated heterocycles. The molecule has 20 heavy (non-hydrogen) atoms. The molecule has 6 heteroatoms. The van der Waals surface area contributed by atoms with Crippen LogP contribution in [0.4, 0.5) is 0 Å². The summed E-state index contributed by atoms with van der Waals surface area (Å²) in [7, 11) is -3.44. The number of carbonyl (C=O) groups excluding carboxylic acids is 1. The van der Waals surface area contributed by atoms with Gasteiger partial charge in [-0.15, -0.1) is 0 Å². The molecule has 2 rings (SSSR count). The maximum absolute atomic E-state index is 12.0. The van der Waals surface area contributed by atoms with Gasteiger partial charge in [-0.25, -0.2) is 8.42 Å². The molecule has 5 nitrogen and oxygen atoms in total. The van der Waals surface area contributed by atoms with Crippen LogP contribution in [0.3, 0.4) is 0 Å². The van der Waals surface area contributed by atoms with Gasteiger partial charge in [0.2, 0.25) is 5.91 Å². The third kappa shape index (κ3) is 2.86. The first-order valence-electron chi connectivity index (χ1n) is 6.51. The number of amides is 1. The second-order valence-corrected chi connectivity index (χ2v) is 8.24. The zero-order valence-corrected chi connectivity index (χ0v) is 12.8. The van der Waals surface area contributed by atoms with Crippen LogP contribution in [0.5, 0.6) is 0 Å². The Bertz CT molecular complexity index is 636. The van der Waals surface area contributed by atoms with Crippen LogP contribution in [0, 0.1) is 0 Å². The average Bonchev–Trinajstić information content (AvgIpc) is 2.81. The molecule has 2 N–H and O–H groups in total. The molecule has 0 aromatic heterocycles. The summed E-state index contributed by atoms with van der Waals surface area (Å²) in [6, 6.07) is 6.04.